The van der Waals surface area contributed by atoms with Gasteiger partial charge in [0.05, 0.1) is 0 Å². The quantitative estimate of drug-likeness (QED) is 0.671. The standard InChI is InChI=1S/C15H26N2/c1-4-15(5-2,6-3)17-13-12-16-14-10-8-7-9-11-14/h7-11,16-17H,4-6,12-13H2,1-3H3. The molecule has 2 heteroatoms. The first kappa shape index (κ1) is 14.0. The lowest BCUT2D eigenvalue weighted by molar-refractivity contribution is 0.295. The number of anilines is 1. The Morgan fingerprint density at radius 1 is 0.882 bits per heavy atom. The van der Waals surface area contributed by atoms with Crippen LogP contribution >= 0.6 is 0 Å². The normalized spacial score (nSPS) is 11.5. The smallest absolute Gasteiger partial charge is 0.0340 e. The molecule has 0 saturated heterocycles. The van der Waals surface area contributed by atoms with Gasteiger partial charge in [-0.2, -0.15) is 0 Å². The molecule has 0 spiro atoms. The molecule has 0 aliphatic carbocycles. The minimum absolute atomic E-state index is 0.332. The predicted molar refractivity (Wildman–Crippen MR) is 76.5 cm³/mol. The van der Waals surface area contributed by atoms with Gasteiger partial charge in [-0.15, -0.1) is 0 Å². The van der Waals surface area contributed by atoms with Gasteiger partial charge in [0.2, 0.25) is 0 Å². The zero-order valence-electron chi connectivity index (χ0n) is 11.4. The van der Waals surface area contributed by atoms with E-state index in [1.165, 1.54) is 24.9 Å². The molecule has 0 aliphatic rings. The number of hydrogen-bond donors (Lipinski definition) is 2. The molecule has 0 aliphatic heterocycles. The van der Waals surface area contributed by atoms with Gasteiger partial charge in [0, 0.05) is 24.3 Å². The summed E-state index contributed by atoms with van der Waals surface area (Å²) < 4.78 is 0. The minimum Gasteiger partial charge on any atom is -0.384 e. The summed E-state index contributed by atoms with van der Waals surface area (Å²) in [5.41, 5.74) is 1.53. The van der Waals surface area contributed by atoms with Crippen molar-refractivity contribution in [2.45, 2.75) is 45.6 Å². The molecule has 1 aromatic rings. The fraction of sp³-hybridized carbons (Fsp3) is 0.600. The van der Waals surface area contributed by atoms with E-state index >= 15 is 0 Å². The maximum atomic E-state index is 3.69. The van der Waals surface area contributed by atoms with Crippen molar-refractivity contribution in [3.8, 4) is 0 Å². The molecule has 17 heavy (non-hydrogen) atoms. The first-order chi connectivity index (χ1) is 8.26. The van der Waals surface area contributed by atoms with Crippen LogP contribution in [0.3, 0.4) is 0 Å². The van der Waals surface area contributed by atoms with Gasteiger partial charge in [0.15, 0.2) is 0 Å². The van der Waals surface area contributed by atoms with Gasteiger partial charge in [-0.1, -0.05) is 39.0 Å². The van der Waals surface area contributed by atoms with E-state index in [9.17, 15) is 0 Å². The van der Waals surface area contributed by atoms with E-state index in [1.54, 1.807) is 0 Å². The highest BCUT2D eigenvalue weighted by atomic mass is 15.0. The first-order valence-corrected chi connectivity index (χ1v) is 6.80. The van der Waals surface area contributed by atoms with Crippen molar-refractivity contribution in [3.63, 3.8) is 0 Å². The van der Waals surface area contributed by atoms with E-state index in [4.69, 9.17) is 0 Å². The van der Waals surface area contributed by atoms with Crippen LogP contribution in [0, 0.1) is 0 Å². The van der Waals surface area contributed by atoms with Crippen molar-refractivity contribution in [1.29, 1.82) is 0 Å². The maximum Gasteiger partial charge on any atom is 0.0340 e. The average molecular weight is 234 g/mol. The monoisotopic (exact) mass is 234 g/mol. The van der Waals surface area contributed by atoms with Gasteiger partial charge < -0.3 is 10.6 Å². The van der Waals surface area contributed by atoms with E-state index < -0.39 is 0 Å². The second kappa shape index (κ2) is 7.33. The fourth-order valence-corrected chi connectivity index (χ4v) is 2.22. The van der Waals surface area contributed by atoms with Gasteiger partial charge in [-0.25, -0.2) is 0 Å². The van der Waals surface area contributed by atoms with Gasteiger partial charge in [-0.05, 0) is 31.4 Å². The molecule has 1 aromatic carbocycles. The van der Waals surface area contributed by atoms with Crippen LogP contribution in [0.2, 0.25) is 0 Å². The lowest BCUT2D eigenvalue weighted by Gasteiger charge is -2.32. The Morgan fingerprint density at radius 2 is 1.47 bits per heavy atom. The van der Waals surface area contributed by atoms with E-state index in [0.29, 0.717) is 5.54 Å². The molecule has 2 N–H and O–H groups in total. The van der Waals surface area contributed by atoms with Crippen LogP contribution in [0.1, 0.15) is 40.0 Å². The number of rotatable bonds is 8. The van der Waals surface area contributed by atoms with Gasteiger partial charge in [-0.3, -0.25) is 0 Å². The number of nitrogens with one attached hydrogen (secondary N) is 2. The van der Waals surface area contributed by atoms with Crippen LogP contribution in [-0.2, 0) is 0 Å². The third-order valence-electron chi connectivity index (χ3n) is 3.76. The lowest BCUT2D eigenvalue weighted by atomic mass is 9.90. The number of para-hydroxylation sites is 1. The van der Waals surface area contributed by atoms with Crippen LogP contribution in [-0.4, -0.2) is 18.6 Å². The van der Waals surface area contributed by atoms with Crippen molar-refractivity contribution in [1.82, 2.24) is 5.32 Å². The zero-order chi connectivity index (χ0) is 12.6. The third kappa shape index (κ3) is 4.39. The molecule has 0 bridgehead atoms. The van der Waals surface area contributed by atoms with Gasteiger partial charge >= 0.3 is 0 Å². The average Bonchev–Trinajstić information content (AvgIpc) is 2.41. The van der Waals surface area contributed by atoms with Crippen LogP contribution in [0.25, 0.3) is 0 Å². The summed E-state index contributed by atoms with van der Waals surface area (Å²) in [6, 6.07) is 10.4. The van der Waals surface area contributed by atoms with E-state index in [2.05, 4.69) is 55.7 Å². The van der Waals surface area contributed by atoms with Crippen LogP contribution in [0.4, 0.5) is 5.69 Å². The van der Waals surface area contributed by atoms with Gasteiger partial charge in [0.1, 0.15) is 0 Å². The molecule has 0 saturated carbocycles. The molecule has 0 aromatic heterocycles. The highest BCUT2D eigenvalue weighted by Gasteiger charge is 2.21. The summed E-state index contributed by atoms with van der Waals surface area (Å²) in [5.74, 6) is 0. The van der Waals surface area contributed by atoms with E-state index in [-0.39, 0.29) is 0 Å². The Bertz CT molecular complexity index is 283. The summed E-state index contributed by atoms with van der Waals surface area (Å²) in [5, 5.41) is 7.12. The largest absolute Gasteiger partial charge is 0.384 e. The molecule has 0 fully saturated rings. The summed E-state index contributed by atoms with van der Waals surface area (Å²) in [6.07, 6.45) is 3.60. The maximum absolute atomic E-state index is 3.69. The topological polar surface area (TPSA) is 24.1 Å². The molecule has 2 nitrogen and oxygen atoms in total. The summed E-state index contributed by atoms with van der Waals surface area (Å²) in [4.78, 5) is 0. The fourth-order valence-electron chi connectivity index (χ4n) is 2.22. The Hall–Kier alpha value is -1.02. The molecule has 0 unspecified atom stereocenters. The highest BCUT2D eigenvalue weighted by molar-refractivity contribution is 5.42. The van der Waals surface area contributed by atoms with Gasteiger partial charge in [0.25, 0.3) is 0 Å². The molecule has 0 amide bonds. The highest BCUT2D eigenvalue weighted by Crippen LogP contribution is 2.18. The van der Waals surface area contributed by atoms with Crippen LogP contribution in [0.15, 0.2) is 30.3 Å². The molecule has 0 heterocycles. The Morgan fingerprint density at radius 3 is 2.00 bits per heavy atom. The zero-order valence-corrected chi connectivity index (χ0v) is 11.4. The predicted octanol–water partition coefficient (Wildman–Crippen LogP) is 3.66. The lowest BCUT2D eigenvalue weighted by Crippen LogP contribution is -2.45. The minimum atomic E-state index is 0.332. The Labute approximate surface area is 106 Å². The Kier molecular flexibility index (Phi) is 6.06. The van der Waals surface area contributed by atoms with Crippen molar-refractivity contribution in [3.05, 3.63) is 30.3 Å². The second-order valence-electron chi connectivity index (χ2n) is 4.56. The third-order valence-corrected chi connectivity index (χ3v) is 3.76. The first-order valence-electron chi connectivity index (χ1n) is 6.80. The Balaban J connectivity index is 2.28. The number of hydrogen-bond acceptors (Lipinski definition) is 2. The molecule has 1 rings (SSSR count). The van der Waals surface area contributed by atoms with E-state index in [1.807, 2.05) is 6.07 Å². The molecular weight excluding hydrogens is 208 g/mol. The summed E-state index contributed by atoms with van der Waals surface area (Å²) >= 11 is 0. The second-order valence-corrected chi connectivity index (χ2v) is 4.56. The summed E-state index contributed by atoms with van der Waals surface area (Å²) in [7, 11) is 0. The van der Waals surface area contributed by atoms with Crippen molar-refractivity contribution in [2.24, 2.45) is 0 Å². The molecule has 0 radical (unpaired) electrons. The molecule has 96 valence electrons. The van der Waals surface area contributed by atoms with E-state index in [0.717, 1.165) is 13.1 Å². The molecular formula is C15H26N2. The number of benzene rings is 1. The SMILES string of the molecule is CCC(CC)(CC)NCCNc1ccccc1. The summed E-state index contributed by atoms with van der Waals surface area (Å²) in [6.45, 7) is 8.80. The van der Waals surface area contributed by atoms with Crippen molar-refractivity contribution >= 4 is 5.69 Å². The van der Waals surface area contributed by atoms with Crippen LogP contribution in [0.5, 0.6) is 0 Å². The van der Waals surface area contributed by atoms with Crippen molar-refractivity contribution < 1.29 is 0 Å². The van der Waals surface area contributed by atoms with Crippen molar-refractivity contribution in [2.75, 3.05) is 18.4 Å². The molecule has 0 atom stereocenters. The van der Waals surface area contributed by atoms with Crippen LogP contribution < -0.4 is 10.6 Å².